The SMILES string of the molecule is CC(C)NCc1ccc(N=C/C(COC2CCCCO2)=N\N)cc1C(F)(F)F. The Labute approximate surface area is 163 Å². The van der Waals surface area contributed by atoms with Gasteiger partial charge in [0, 0.05) is 19.2 Å². The third-order valence-electron chi connectivity index (χ3n) is 4.18. The summed E-state index contributed by atoms with van der Waals surface area (Å²) in [4.78, 5) is 4.07. The molecule has 0 aliphatic carbocycles. The van der Waals surface area contributed by atoms with Crippen molar-refractivity contribution in [2.75, 3.05) is 13.2 Å². The molecule has 0 saturated carbocycles. The molecule has 0 spiro atoms. The van der Waals surface area contributed by atoms with E-state index in [2.05, 4.69) is 15.4 Å². The average Bonchev–Trinajstić information content (AvgIpc) is 2.67. The molecule has 1 atom stereocenters. The number of nitrogens with one attached hydrogen (secondary N) is 1. The van der Waals surface area contributed by atoms with Crippen molar-refractivity contribution in [3.05, 3.63) is 29.3 Å². The molecule has 0 amide bonds. The van der Waals surface area contributed by atoms with Crippen molar-refractivity contribution >= 4 is 17.6 Å². The summed E-state index contributed by atoms with van der Waals surface area (Å²) in [6.07, 6.45) is -0.662. The third-order valence-corrected chi connectivity index (χ3v) is 4.18. The second-order valence-electron chi connectivity index (χ2n) is 6.86. The zero-order valence-electron chi connectivity index (χ0n) is 16.1. The molecular formula is C19H27F3N4O2. The lowest BCUT2D eigenvalue weighted by molar-refractivity contribution is -0.152. The Balaban J connectivity index is 2.06. The molecule has 156 valence electrons. The van der Waals surface area contributed by atoms with Gasteiger partial charge in [-0.25, -0.2) is 0 Å². The molecular weight excluding hydrogens is 373 g/mol. The summed E-state index contributed by atoms with van der Waals surface area (Å²) < 4.78 is 51.2. The molecule has 2 rings (SSSR count). The highest BCUT2D eigenvalue weighted by molar-refractivity contribution is 6.31. The number of alkyl halides is 3. The minimum absolute atomic E-state index is 0.0766. The highest BCUT2D eigenvalue weighted by Crippen LogP contribution is 2.34. The van der Waals surface area contributed by atoms with Crippen molar-refractivity contribution in [1.82, 2.24) is 5.32 Å². The lowest BCUT2D eigenvalue weighted by Crippen LogP contribution is -2.26. The zero-order valence-corrected chi connectivity index (χ0v) is 16.1. The van der Waals surface area contributed by atoms with Crippen LogP contribution in [0.4, 0.5) is 18.9 Å². The van der Waals surface area contributed by atoms with Crippen LogP contribution in [-0.2, 0) is 22.2 Å². The van der Waals surface area contributed by atoms with Crippen LogP contribution in [-0.4, -0.2) is 37.5 Å². The lowest BCUT2D eigenvalue weighted by atomic mass is 10.1. The summed E-state index contributed by atoms with van der Waals surface area (Å²) in [6, 6.07) is 4.06. The minimum atomic E-state index is -4.47. The number of nitrogens with zero attached hydrogens (tertiary/aromatic N) is 2. The van der Waals surface area contributed by atoms with Gasteiger partial charge in [-0.3, -0.25) is 4.99 Å². The van der Waals surface area contributed by atoms with Gasteiger partial charge in [-0.15, -0.1) is 0 Å². The van der Waals surface area contributed by atoms with Gasteiger partial charge in [-0.05, 0) is 37.0 Å². The monoisotopic (exact) mass is 400 g/mol. The molecule has 1 aromatic rings. The van der Waals surface area contributed by atoms with Gasteiger partial charge in [0.15, 0.2) is 6.29 Å². The molecule has 1 saturated heterocycles. The fourth-order valence-electron chi connectivity index (χ4n) is 2.65. The number of aliphatic imine (C=N–C) groups is 1. The maximum atomic E-state index is 13.4. The standard InChI is InChI=1S/C19H27F3N4O2/c1-13(2)24-10-14-6-7-15(9-17(14)19(20,21)22)25-11-16(26-23)12-28-18-5-3-4-8-27-18/h6-7,9,11,13,18,24H,3-5,8,10,12,23H2,1-2H3/b25-11?,26-16+. The number of benzene rings is 1. The molecule has 3 N–H and O–H groups in total. The van der Waals surface area contributed by atoms with Crippen molar-refractivity contribution in [1.29, 1.82) is 0 Å². The quantitative estimate of drug-likeness (QED) is 0.395. The third kappa shape index (κ3) is 7.21. The number of nitrogens with two attached hydrogens (primary N) is 1. The molecule has 1 aliphatic rings. The Hall–Kier alpha value is -1.97. The molecule has 1 fully saturated rings. The van der Waals surface area contributed by atoms with Gasteiger partial charge in [0.25, 0.3) is 0 Å². The van der Waals surface area contributed by atoms with E-state index in [1.165, 1.54) is 18.3 Å². The Morgan fingerprint density at radius 2 is 2.18 bits per heavy atom. The summed E-state index contributed by atoms with van der Waals surface area (Å²) in [5.41, 5.74) is -0.0667. The molecule has 0 radical (unpaired) electrons. The maximum Gasteiger partial charge on any atom is 0.416 e. The number of halogens is 3. The Kier molecular flexibility index (Phi) is 8.40. The van der Waals surface area contributed by atoms with Crippen molar-refractivity contribution in [2.24, 2.45) is 15.9 Å². The van der Waals surface area contributed by atoms with Crippen molar-refractivity contribution in [3.63, 3.8) is 0 Å². The lowest BCUT2D eigenvalue weighted by Gasteiger charge is -2.22. The van der Waals surface area contributed by atoms with Crippen LogP contribution in [0.5, 0.6) is 0 Å². The van der Waals surface area contributed by atoms with E-state index < -0.39 is 11.7 Å². The van der Waals surface area contributed by atoms with Crippen molar-refractivity contribution in [2.45, 2.75) is 58.2 Å². The molecule has 9 heteroatoms. The average molecular weight is 400 g/mol. The van der Waals surface area contributed by atoms with Crippen LogP contribution >= 0.6 is 0 Å². The largest absolute Gasteiger partial charge is 0.416 e. The summed E-state index contributed by atoms with van der Waals surface area (Å²) >= 11 is 0. The fourth-order valence-corrected chi connectivity index (χ4v) is 2.65. The zero-order chi connectivity index (χ0) is 20.6. The van der Waals surface area contributed by atoms with E-state index in [0.29, 0.717) is 12.3 Å². The van der Waals surface area contributed by atoms with Crippen molar-refractivity contribution < 1.29 is 22.6 Å². The van der Waals surface area contributed by atoms with E-state index >= 15 is 0 Å². The number of hydrogen-bond acceptors (Lipinski definition) is 6. The first-order chi connectivity index (χ1) is 13.3. The summed E-state index contributed by atoms with van der Waals surface area (Å²) in [5, 5.41) is 6.58. The van der Waals surface area contributed by atoms with Crippen LogP contribution in [0.1, 0.15) is 44.2 Å². The predicted molar refractivity (Wildman–Crippen MR) is 103 cm³/mol. The van der Waals surface area contributed by atoms with Crippen LogP contribution in [0.15, 0.2) is 28.3 Å². The van der Waals surface area contributed by atoms with Gasteiger partial charge in [0.2, 0.25) is 0 Å². The molecule has 1 unspecified atom stereocenters. The minimum Gasteiger partial charge on any atom is -0.353 e. The number of ether oxygens (including phenoxy) is 2. The van der Waals surface area contributed by atoms with E-state index in [1.54, 1.807) is 0 Å². The Morgan fingerprint density at radius 3 is 2.79 bits per heavy atom. The van der Waals surface area contributed by atoms with Gasteiger partial charge in [-0.2, -0.15) is 18.3 Å². The molecule has 1 aromatic carbocycles. The molecule has 0 bridgehead atoms. The van der Waals surface area contributed by atoms with Crippen LogP contribution < -0.4 is 11.2 Å². The summed E-state index contributed by atoms with van der Waals surface area (Å²) in [6.45, 7) is 4.60. The predicted octanol–water partition coefficient (Wildman–Crippen LogP) is 3.76. The van der Waals surface area contributed by atoms with E-state index in [0.717, 1.165) is 25.3 Å². The second kappa shape index (κ2) is 10.5. The smallest absolute Gasteiger partial charge is 0.353 e. The fraction of sp³-hybridized carbons (Fsp3) is 0.579. The van der Waals surface area contributed by atoms with E-state index in [-0.39, 0.29) is 36.7 Å². The molecule has 0 aromatic heterocycles. The molecule has 1 aliphatic heterocycles. The van der Waals surface area contributed by atoms with Gasteiger partial charge in [0.05, 0.1) is 24.1 Å². The highest BCUT2D eigenvalue weighted by atomic mass is 19.4. The van der Waals surface area contributed by atoms with Crippen molar-refractivity contribution in [3.8, 4) is 0 Å². The molecule has 6 nitrogen and oxygen atoms in total. The van der Waals surface area contributed by atoms with Gasteiger partial charge in [0.1, 0.15) is 5.71 Å². The van der Waals surface area contributed by atoms with Crippen LogP contribution in [0.3, 0.4) is 0 Å². The normalized spacial score (nSPS) is 18.9. The molecule has 28 heavy (non-hydrogen) atoms. The number of hydrazone groups is 1. The maximum absolute atomic E-state index is 13.4. The first kappa shape index (κ1) is 22.3. The Bertz CT molecular complexity index is 684. The van der Waals surface area contributed by atoms with Gasteiger partial charge < -0.3 is 20.6 Å². The van der Waals surface area contributed by atoms with E-state index in [4.69, 9.17) is 15.3 Å². The van der Waals surface area contributed by atoms with E-state index in [1.807, 2.05) is 13.8 Å². The van der Waals surface area contributed by atoms with Crippen LogP contribution in [0, 0.1) is 0 Å². The highest BCUT2D eigenvalue weighted by Gasteiger charge is 2.33. The summed E-state index contributed by atoms with van der Waals surface area (Å²) in [7, 11) is 0. The topological polar surface area (TPSA) is 81.2 Å². The van der Waals surface area contributed by atoms with E-state index in [9.17, 15) is 13.2 Å². The van der Waals surface area contributed by atoms with Gasteiger partial charge in [-0.1, -0.05) is 19.9 Å². The second-order valence-corrected chi connectivity index (χ2v) is 6.86. The van der Waals surface area contributed by atoms with Crippen LogP contribution in [0.25, 0.3) is 0 Å². The Morgan fingerprint density at radius 1 is 1.39 bits per heavy atom. The number of hydrogen-bond donors (Lipinski definition) is 2. The van der Waals surface area contributed by atoms with Gasteiger partial charge >= 0.3 is 6.18 Å². The van der Waals surface area contributed by atoms with Crippen LogP contribution in [0.2, 0.25) is 0 Å². The first-order valence-corrected chi connectivity index (χ1v) is 9.27. The molecule has 1 heterocycles. The number of rotatable bonds is 8. The first-order valence-electron chi connectivity index (χ1n) is 9.27. The summed E-state index contributed by atoms with van der Waals surface area (Å²) in [5.74, 6) is 5.33.